The summed E-state index contributed by atoms with van der Waals surface area (Å²) in [6.07, 6.45) is 1.32. The molecule has 0 saturated heterocycles. The van der Waals surface area contributed by atoms with Gasteiger partial charge in [-0.15, -0.1) is 0 Å². The van der Waals surface area contributed by atoms with E-state index in [1.54, 1.807) is 12.1 Å². The van der Waals surface area contributed by atoms with Crippen LogP contribution >= 0.6 is 46.9 Å². The maximum absolute atomic E-state index is 13.6. The van der Waals surface area contributed by atoms with Crippen LogP contribution in [-0.2, 0) is 22.6 Å². The molecule has 0 spiro atoms. The van der Waals surface area contributed by atoms with Crippen molar-refractivity contribution in [2.75, 3.05) is 17.7 Å². The Hall–Kier alpha value is -2.13. The molecule has 0 amide bonds. The van der Waals surface area contributed by atoms with Gasteiger partial charge in [0, 0.05) is 40.8 Å². The molecule has 15 heteroatoms. The Bertz CT molecular complexity index is 1570. The first-order valence-electron chi connectivity index (χ1n) is 11.3. The topological polar surface area (TPSA) is 122 Å². The predicted octanol–water partition coefficient (Wildman–Crippen LogP) is 1.60. The van der Waals surface area contributed by atoms with Gasteiger partial charge in [0.1, 0.15) is 30.3 Å². The Morgan fingerprint density at radius 1 is 1.28 bits per heavy atom. The number of hydrogen-bond donors (Lipinski definition) is 1. The average molecular weight is 616 g/mol. The van der Waals surface area contributed by atoms with Crippen LogP contribution in [0.3, 0.4) is 0 Å². The van der Waals surface area contributed by atoms with Crippen LogP contribution in [0.5, 0.6) is 5.75 Å². The summed E-state index contributed by atoms with van der Waals surface area (Å²) in [5.41, 5.74) is 1.76. The van der Waals surface area contributed by atoms with Crippen molar-refractivity contribution in [3.8, 4) is 5.75 Å². The number of ketones is 1. The molecule has 0 bridgehead atoms. The molecule has 0 aliphatic rings. The van der Waals surface area contributed by atoms with Gasteiger partial charge in [-0.05, 0) is 49.8 Å². The van der Waals surface area contributed by atoms with E-state index in [0.29, 0.717) is 54.4 Å². The van der Waals surface area contributed by atoms with E-state index in [0.717, 1.165) is 0 Å². The number of hydrogen-bond acceptors (Lipinski definition) is 11. The van der Waals surface area contributed by atoms with Gasteiger partial charge in [0.15, 0.2) is 14.1 Å². The van der Waals surface area contributed by atoms with Crippen molar-refractivity contribution in [1.82, 2.24) is 19.7 Å². The summed E-state index contributed by atoms with van der Waals surface area (Å²) in [7, 11) is 0. The Balaban J connectivity index is 0.00000420. The number of ether oxygens (including phenoxy) is 1. The monoisotopic (exact) mass is 615 g/mol. The summed E-state index contributed by atoms with van der Waals surface area (Å²) in [5.74, 6) is -0.556. The van der Waals surface area contributed by atoms with Crippen LogP contribution in [0.1, 0.15) is 18.9 Å². The fraction of sp³-hybridized carbons (Fsp3) is 0.250. The molecule has 198 valence electrons. The smallest absolute Gasteiger partial charge is 0.550 e. The Morgan fingerprint density at radius 3 is 2.79 bits per heavy atom. The Labute approximate surface area is 263 Å². The van der Waals surface area contributed by atoms with Crippen molar-refractivity contribution in [1.29, 1.82) is 0 Å². The zero-order valence-corrected chi connectivity index (χ0v) is 26.1. The van der Waals surface area contributed by atoms with Gasteiger partial charge in [0.2, 0.25) is 0 Å². The van der Waals surface area contributed by atoms with Gasteiger partial charge >= 0.3 is 29.6 Å². The van der Waals surface area contributed by atoms with Crippen LogP contribution in [-0.4, -0.2) is 43.9 Å². The molecule has 0 unspecified atom stereocenters. The number of carbonyl (C=O) groups excluding carboxylic acids is 2. The molecule has 0 radical (unpaired) electrons. The second-order valence-corrected chi connectivity index (χ2v) is 11.2. The number of benzene rings is 2. The van der Waals surface area contributed by atoms with Gasteiger partial charge in [-0.2, -0.15) is 5.10 Å². The van der Waals surface area contributed by atoms with E-state index >= 15 is 0 Å². The summed E-state index contributed by atoms with van der Waals surface area (Å²) in [6, 6.07) is 7.77. The van der Waals surface area contributed by atoms with Crippen LogP contribution in [0.4, 0.5) is 15.9 Å². The van der Waals surface area contributed by atoms with Crippen molar-refractivity contribution >= 4 is 81.1 Å². The van der Waals surface area contributed by atoms with E-state index in [1.165, 1.54) is 52.3 Å². The minimum absolute atomic E-state index is 0. The van der Waals surface area contributed by atoms with Gasteiger partial charge in [-0.3, -0.25) is 4.79 Å². The molecule has 1 N–H and O–H groups in total. The van der Waals surface area contributed by atoms with Crippen LogP contribution in [0.2, 0.25) is 5.02 Å². The number of anilines is 2. The predicted molar refractivity (Wildman–Crippen MR) is 145 cm³/mol. The number of halogens is 2. The van der Waals surface area contributed by atoms with Gasteiger partial charge in [0.25, 0.3) is 0 Å². The number of aliphatic carboxylic acids is 1. The molecule has 4 aromatic rings. The second kappa shape index (κ2) is 14.5. The molecule has 39 heavy (non-hydrogen) atoms. The van der Waals surface area contributed by atoms with E-state index in [9.17, 15) is 19.1 Å². The van der Waals surface area contributed by atoms with Crippen LogP contribution in [0.15, 0.2) is 41.0 Å². The van der Waals surface area contributed by atoms with Gasteiger partial charge in [0.05, 0.1) is 17.1 Å². The molecule has 0 saturated carbocycles. The fourth-order valence-corrected chi connectivity index (χ4v) is 5.97. The maximum atomic E-state index is 13.6. The van der Waals surface area contributed by atoms with Crippen LogP contribution < -0.4 is 44.7 Å². The number of carbonyl (C=O) groups is 2. The molecule has 0 aliphatic heterocycles. The molecule has 0 atom stereocenters. The maximum Gasteiger partial charge on any atom is 1.00 e. The van der Waals surface area contributed by atoms with E-state index in [2.05, 4.69) is 20.4 Å². The normalized spacial score (nSPS) is 10.7. The number of carboxylic acid groups (broad SMARTS) is 1. The number of nitrogens with one attached hydrogen (secondary N) is 1. The zero-order chi connectivity index (χ0) is 27.2. The van der Waals surface area contributed by atoms with Gasteiger partial charge < -0.3 is 20.0 Å². The first-order chi connectivity index (χ1) is 18.2. The molecule has 0 fully saturated rings. The number of nitrogens with zero attached hydrogens (tertiary/aromatic N) is 4. The van der Waals surface area contributed by atoms with Crippen LogP contribution in [0.25, 0.3) is 10.9 Å². The first-order valence-corrected chi connectivity index (χ1v) is 13.9. The number of rotatable bonds is 12. The zero-order valence-electron chi connectivity index (χ0n) is 20.9. The molecule has 2 heterocycles. The third-order valence-electron chi connectivity index (χ3n) is 5.13. The molecule has 4 rings (SSSR count). The summed E-state index contributed by atoms with van der Waals surface area (Å²) in [5, 5.41) is 18.7. The van der Waals surface area contributed by atoms with Gasteiger partial charge in [-0.25, -0.2) is 19.0 Å². The number of Topliss-reactive ketones (excluding diaryl/α,β-unsaturated/α-hetero) is 1. The van der Waals surface area contributed by atoms with Crippen LogP contribution in [0, 0.1) is 9.77 Å². The van der Waals surface area contributed by atoms with Crippen molar-refractivity contribution in [2.45, 2.75) is 30.6 Å². The average Bonchev–Trinajstić information content (AvgIpc) is 3.20. The number of aromatic nitrogens is 4. The standard InChI is InChI=1S/C24H21ClFN5O4S3.Na/c1-2-35-20-10-19-16(22(28-12-27-19)29-14-3-4-18(26)17(25)9-14)8-13(20)7-15(32)11-31-24(36)38-23(30-31)37-6-5-21(33)34;/h3-4,8-10,12H,2,5-7,11H2,1H3,(H,33,34)(H,27,28,29);/q;+1/p-1. The quantitative estimate of drug-likeness (QED) is 0.143. The molecule has 2 aromatic heterocycles. The van der Waals surface area contributed by atoms with Crippen molar-refractivity contribution in [3.63, 3.8) is 0 Å². The van der Waals surface area contributed by atoms with E-state index < -0.39 is 11.8 Å². The minimum atomic E-state index is -1.14. The summed E-state index contributed by atoms with van der Waals surface area (Å²) in [6.45, 7) is 2.18. The molecule has 2 aromatic carbocycles. The summed E-state index contributed by atoms with van der Waals surface area (Å²) >= 11 is 13.7. The number of fused-ring (bicyclic) bond motifs is 1. The molecular formula is C24H20ClFN5NaO4S3. The number of carboxylic acids is 1. The second-order valence-electron chi connectivity index (χ2n) is 7.86. The summed E-state index contributed by atoms with van der Waals surface area (Å²) in [4.78, 5) is 32.3. The van der Waals surface area contributed by atoms with E-state index in [1.807, 2.05) is 6.92 Å². The molecular weight excluding hydrogens is 596 g/mol. The van der Waals surface area contributed by atoms with Crippen molar-refractivity contribution in [2.24, 2.45) is 0 Å². The molecule has 9 nitrogen and oxygen atoms in total. The van der Waals surface area contributed by atoms with E-state index in [-0.39, 0.29) is 59.7 Å². The summed E-state index contributed by atoms with van der Waals surface area (Å²) < 4.78 is 21.8. The van der Waals surface area contributed by atoms with Crippen molar-refractivity contribution in [3.05, 3.63) is 57.0 Å². The largest absolute Gasteiger partial charge is 1.00 e. The Kier molecular flexibility index (Phi) is 11.7. The van der Waals surface area contributed by atoms with E-state index in [4.69, 9.17) is 28.6 Å². The first kappa shape index (κ1) is 31.4. The number of thioether (sulfide) groups is 1. The van der Waals surface area contributed by atoms with Crippen molar-refractivity contribution < 1.29 is 53.4 Å². The third kappa shape index (κ3) is 8.43. The SMILES string of the molecule is CCOc1cc2ncnc(Nc3ccc(F)c(Cl)c3)c2cc1CC(=O)Cn1nc(SCCC(=O)[O-])sc1=S.[Na+]. The van der Waals surface area contributed by atoms with Gasteiger partial charge in [-0.1, -0.05) is 34.7 Å². The fourth-order valence-electron chi connectivity index (χ4n) is 3.47. The Morgan fingerprint density at radius 2 is 2.08 bits per heavy atom. The minimum Gasteiger partial charge on any atom is -0.550 e. The third-order valence-corrected chi connectivity index (χ3v) is 7.87. The molecule has 0 aliphatic carbocycles.